The zero-order chi connectivity index (χ0) is 16.3. The van der Waals surface area contributed by atoms with E-state index in [0.717, 1.165) is 11.4 Å². The Morgan fingerprint density at radius 1 is 1.09 bits per heavy atom. The van der Waals surface area contributed by atoms with Crippen molar-refractivity contribution in [3.63, 3.8) is 0 Å². The molecule has 0 amide bonds. The molecule has 0 saturated heterocycles. The van der Waals surface area contributed by atoms with Crippen molar-refractivity contribution >= 4 is 5.84 Å². The van der Waals surface area contributed by atoms with E-state index in [1.807, 2.05) is 24.3 Å². The fourth-order valence-corrected chi connectivity index (χ4v) is 2.89. The number of hydrogen-bond donors (Lipinski definition) is 1. The molecule has 1 atom stereocenters. The first-order chi connectivity index (χ1) is 11.0. The lowest BCUT2D eigenvalue weighted by Gasteiger charge is -2.25. The van der Waals surface area contributed by atoms with Crippen molar-refractivity contribution in [1.82, 2.24) is 5.32 Å². The Kier molecular flexibility index (Phi) is 4.44. The van der Waals surface area contributed by atoms with Gasteiger partial charge in [0.05, 0.1) is 18.2 Å². The van der Waals surface area contributed by atoms with Crippen molar-refractivity contribution < 1.29 is 9.13 Å². The van der Waals surface area contributed by atoms with Crippen molar-refractivity contribution in [3.05, 3.63) is 71.5 Å². The van der Waals surface area contributed by atoms with Gasteiger partial charge in [-0.05, 0) is 37.1 Å². The van der Waals surface area contributed by atoms with Crippen LogP contribution < -0.4 is 5.32 Å². The Balaban J connectivity index is 1.59. The van der Waals surface area contributed by atoms with Crippen LogP contribution in [-0.4, -0.2) is 18.0 Å². The third-order valence-electron chi connectivity index (χ3n) is 3.97. The van der Waals surface area contributed by atoms with E-state index < -0.39 is 0 Å². The molecule has 0 bridgehead atoms. The first-order valence-electron chi connectivity index (χ1n) is 7.77. The Morgan fingerprint density at radius 2 is 1.87 bits per heavy atom. The highest BCUT2D eigenvalue weighted by molar-refractivity contribution is 5.86. The van der Waals surface area contributed by atoms with Crippen molar-refractivity contribution in [1.29, 1.82) is 0 Å². The van der Waals surface area contributed by atoms with Gasteiger partial charge >= 0.3 is 0 Å². The summed E-state index contributed by atoms with van der Waals surface area (Å²) in [5, 5.41) is 3.45. The van der Waals surface area contributed by atoms with Crippen LogP contribution in [0.4, 0.5) is 4.39 Å². The molecule has 2 aromatic rings. The molecule has 3 rings (SSSR count). The maximum absolute atomic E-state index is 13.1. The van der Waals surface area contributed by atoms with Crippen LogP contribution in [0.1, 0.15) is 31.0 Å². The zero-order valence-corrected chi connectivity index (χ0v) is 13.4. The second kappa shape index (κ2) is 6.50. The van der Waals surface area contributed by atoms with Gasteiger partial charge in [0.1, 0.15) is 18.3 Å². The molecule has 1 unspecified atom stereocenters. The van der Waals surface area contributed by atoms with Gasteiger partial charge in [-0.25, -0.2) is 4.39 Å². The molecule has 4 heteroatoms. The van der Waals surface area contributed by atoms with E-state index in [1.54, 1.807) is 6.07 Å². The van der Waals surface area contributed by atoms with Gasteiger partial charge in [0.2, 0.25) is 0 Å². The lowest BCUT2D eigenvalue weighted by atomic mass is 9.90. The predicted molar refractivity (Wildman–Crippen MR) is 89.9 cm³/mol. The first kappa shape index (κ1) is 15.7. The minimum atomic E-state index is -0.243. The molecule has 2 aromatic carbocycles. The second-order valence-electron chi connectivity index (χ2n) is 6.32. The molecular formula is C19H21FN2O. The standard InChI is InChI=1S/C19H21FN2O/c1-19(2)18(15-8-4-3-5-9-15)21-17(22-19)13-23-12-14-7-6-10-16(20)11-14/h3-11,18H,12-13H2,1-2H3,(H,21,22). The van der Waals surface area contributed by atoms with Gasteiger partial charge in [-0.1, -0.05) is 42.5 Å². The van der Waals surface area contributed by atoms with Crippen LogP contribution in [0, 0.1) is 5.82 Å². The molecular weight excluding hydrogens is 291 g/mol. The SMILES string of the molecule is CC1(C)N=C(COCc2cccc(F)c2)NC1c1ccccc1. The molecule has 1 heterocycles. The fourth-order valence-electron chi connectivity index (χ4n) is 2.89. The van der Waals surface area contributed by atoms with E-state index in [-0.39, 0.29) is 17.4 Å². The molecule has 3 nitrogen and oxygen atoms in total. The van der Waals surface area contributed by atoms with Crippen LogP contribution in [0.25, 0.3) is 0 Å². The number of ether oxygens (including phenoxy) is 1. The number of aliphatic imine (C=N–C) groups is 1. The third kappa shape index (κ3) is 3.77. The highest BCUT2D eigenvalue weighted by Gasteiger charge is 2.36. The van der Waals surface area contributed by atoms with Crippen molar-refractivity contribution in [2.45, 2.75) is 32.0 Å². The van der Waals surface area contributed by atoms with Gasteiger partial charge in [0.15, 0.2) is 0 Å². The molecule has 0 radical (unpaired) electrons. The van der Waals surface area contributed by atoms with Crippen LogP contribution in [-0.2, 0) is 11.3 Å². The predicted octanol–water partition coefficient (Wildman–Crippen LogP) is 3.86. The topological polar surface area (TPSA) is 33.6 Å². The minimum absolute atomic E-state index is 0.136. The summed E-state index contributed by atoms with van der Waals surface area (Å²) < 4.78 is 18.8. The maximum atomic E-state index is 13.1. The van der Waals surface area contributed by atoms with Crippen LogP contribution in [0.2, 0.25) is 0 Å². The van der Waals surface area contributed by atoms with Gasteiger partial charge in [-0.15, -0.1) is 0 Å². The Morgan fingerprint density at radius 3 is 2.61 bits per heavy atom. The number of amidine groups is 1. The third-order valence-corrected chi connectivity index (χ3v) is 3.97. The van der Waals surface area contributed by atoms with Gasteiger partial charge < -0.3 is 10.1 Å². The summed E-state index contributed by atoms with van der Waals surface area (Å²) in [5.41, 5.74) is 1.81. The number of nitrogens with one attached hydrogen (secondary N) is 1. The second-order valence-corrected chi connectivity index (χ2v) is 6.32. The molecule has 120 valence electrons. The van der Waals surface area contributed by atoms with E-state index in [1.165, 1.54) is 17.7 Å². The van der Waals surface area contributed by atoms with Crippen LogP contribution in [0.3, 0.4) is 0 Å². The zero-order valence-electron chi connectivity index (χ0n) is 13.4. The number of hydrogen-bond acceptors (Lipinski definition) is 3. The maximum Gasteiger partial charge on any atom is 0.124 e. The summed E-state index contributed by atoms with van der Waals surface area (Å²) in [6.45, 7) is 4.98. The molecule has 23 heavy (non-hydrogen) atoms. The van der Waals surface area contributed by atoms with E-state index in [9.17, 15) is 4.39 Å². The molecule has 0 fully saturated rings. The summed E-state index contributed by atoms with van der Waals surface area (Å²) >= 11 is 0. The van der Waals surface area contributed by atoms with E-state index >= 15 is 0 Å². The summed E-state index contributed by atoms with van der Waals surface area (Å²) in [6.07, 6.45) is 0. The molecule has 0 aromatic heterocycles. The molecule has 0 saturated carbocycles. The van der Waals surface area contributed by atoms with E-state index in [0.29, 0.717) is 13.2 Å². The van der Waals surface area contributed by atoms with Gasteiger partial charge in [-0.2, -0.15) is 0 Å². The average Bonchev–Trinajstić information content (AvgIpc) is 2.83. The number of rotatable bonds is 5. The lowest BCUT2D eigenvalue weighted by molar-refractivity contribution is 0.156. The Hall–Kier alpha value is -2.20. The number of halogens is 1. The number of nitrogens with zero attached hydrogens (tertiary/aromatic N) is 1. The van der Waals surface area contributed by atoms with Gasteiger partial charge in [0.25, 0.3) is 0 Å². The molecule has 1 aliphatic heterocycles. The van der Waals surface area contributed by atoms with Crippen molar-refractivity contribution in [3.8, 4) is 0 Å². The normalized spacial score (nSPS) is 19.3. The smallest absolute Gasteiger partial charge is 0.124 e. The fraction of sp³-hybridized carbons (Fsp3) is 0.316. The largest absolute Gasteiger partial charge is 0.369 e. The minimum Gasteiger partial charge on any atom is -0.369 e. The monoisotopic (exact) mass is 312 g/mol. The first-order valence-corrected chi connectivity index (χ1v) is 7.77. The van der Waals surface area contributed by atoms with Gasteiger partial charge in [0, 0.05) is 0 Å². The Labute approximate surface area is 136 Å². The summed E-state index contributed by atoms with van der Waals surface area (Å²) in [5.74, 6) is 0.591. The molecule has 0 aliphatic carbocycles. The van der Waals surface area contributed by atoms with Crippen LogP contribution in [0.5, 0.6) is 0 Å². The van der Waals surface area contributed by atoms with Crippen molar-refractivity contribution in [2.75, 3.05) is 6.61 Å². The van der Waals surface area contributed by atoms with E-state index in [4.69, 9.17) is 9.73 Å². The van der Waals surface area contributed by atoms with E-state index in [2.05, 4.69) is 31.3 Å². The number of benzene rings is 2. The van der Waals surface area contributed by atoms with Crippen LogP contribution >= 0.6 is 0 Å². The molecule has 0 spiro atoms. The van der Waals surface area contributed by atoms with Crippen LogP contribution in [0.15, 0.2) is 59.6 Å². The highest BCUT2D eigenvalue weighted by Crippen LogP contribution is 2.33. The average molecular weight is 312 g/mol. The highest BCUT2D eigenvalue weighted by atomic mass is 19.1. The summed E-state index contributed by atoms with van der Waals surface area (Å²) in [4.78, 5) is 4.73. The van der Waals surface area contributed by atoms with Crippen molar-refractivity contribution in [2.24, 2.45) is 4.99 Å². The molecule has 1 aliphatic rings. The summed E-state index contributed by atoms with van der Waals surface area (Å²) in [6, 6.07) is 16.9. The quantitative estimate of drug-likeness (QED) is 0.909. The Bertz CT molecular complexity index is 698. The molecule has 1 N–H and O–H groups in total. The van der Waals surface area contributed by atoms with Gasteiger partial charge in [-0.3, -0.25) is 4.99 Å². The summed E-state index contributed by atoms with van der Waals surface area (Å²) in [7, 11) is 0. The lowest BCUT2D eigenvalue weighted by Crippen LogP contribution is -2.33.